The molecule has 0 aromatic carbocycles. The molecule has 4 nitrogen and oxygen atoms in total. The number of aromatic nitrogens is 1. The molecule has 0 fully saturated rings. The van der Waals surface area contributed by atoms with Gasteiger partial charge in [0.25, 0.3) is 0 Å². The van der Waals surface area contributed by atoms with Crippen LogP contribution < -0.4 is 5.32 Å². The van der Waals surface area contributed by atoms with Crippen LogP contribution in [0, 0.1) is 11.3 Å². The molecular weight excluding hydrogens is 190 g/mol. The maximum atomic E-state index is 8.66. The topological polar surface area (TPSA) is 57.9 Å². The summed E-state index contributed by atoms with van der Waals surface area (Å²) in [6, 6.07) is 5.60. The molecule has 0 aliphatic carbocycles. The molecule has 0 aliphatic rings. The van der Waals surface area contributed by atoms with Gasteiger partial charge < -0.3 is 10.1 Å². The third-order valence-corrected chi connectivity index (χ3v) is 1.96. The van der Waals surface area contributed by atoms with Gasteiger partial charge in [-0.05, 0) is 31.7 Å². The lowest BCUT2D eigenvalue weighted by molar-refractivity contribution is 0.0544. The Kier molecular flexibility index (Phi) is 4.75. The molecule has 1 aromatic heterocycles. The number of ether oxygens (including phenoxy) is 1. The number of hydrogen-bond acceptors (Lipinski definition) is 4. The Morgan fingerprint density at radius 2 is 2.47 bits per heavy atom. The second-order valence-corrected chi connectivity index (χ2v) is 3.34. The molecule has 1 aromatic rings. The molecular formula is C11H15N3O. The largest absolute Gasteiger partial charge is 0.373 e. The van der Waals surface area contributed by atoms with Crippen LogP contribution >= 0.6 is 0 Å². The number of pyridine rings is 1. The van der Waals surface area contributed by atoms with Gasteiger partial charge in [0.1, 0.15) is 11.8 Å². The molecule has 1 rings (SSSR count). The predicted molar refractivity (Wildman–Crippen MR) is 57.1 cm³/mol. The van der Waals surface area contributed by atoms with Gasteiger partial charge in [0.15, 0.2) is 0 Å². The Balaban J connectivity index is 2.47. The van der Waals surface area contributed by atoms with Crippen LogP contribution in [-0.2, 0) is 11.3 Å². The maximum absolute atomic E-state index is 8.66. The van der Waals surface area contributed by atoms with Crippen LogP contribution in [0.3, 0.4) is 0 Å². The Hall–Kier alpha value is -1.44. The van der Waals surface area contributed by atoms with Crippen molar-refractivity contribution in [1.29, 1.82) is 5.26 Å². The summed E-state index contributed by atoms with van der Waals surface area (Å²) in [7, 11) is 1.89. The summed E-state index contributed by atoms with van der Waals surface area (Å²) < 4.78 is 5.57. The van der Waals surface area contributed by atoms with Crippen molar-refractivity contribution >= 4 is 0 Å². The van der Waals surface area contributed by atoms with E-state index in [4.69, 9.17) is 10.00 Å². The van der Waals surface area contributed by atoms with E-state index < -0.39 is 0 Å². The summed E-state index contributed by atoms with van der Waals surface area (Å²) in [4.78, 5) is 3.89. The number of hydrogen-bond donors (Lipinski definition) is 1. The fourth-order valence-corrected chi connectivity index (χ4v) is 1.21. The average Bonchev–Trinajstić information content (AvgIpc) is 2.27. The minimum Gasteiger partial charge on any atom is -0.373 e. The van der Waals surface area contributed by atoms with Gasteiger partial charge in [0.2, 0.25) is 0 Å². The van der Waals surface area contributed by atoms with Gasteiger partial charge in [-0.3, -0.25) is 0 Å². The first-order valence-corrected chi connectivity index (χ1v) is 4.87. The van der Waals surface area contributed by atoms with E-state index in [0.29, 0.717) is 12.3 Å². The number of rotatable bonds is 5. The van der Waals surface area contributed by atoms with Crippen molar-refractivity contribution in [2.75, 3.05) is 13.6 Å². The first kappa shape index (κ1) is 11.6. The molecule has 1 unspecified atom stereocenters. The minimum atomic E-state index is 0.161. The molecule has 4 heteroatoms. The Morgan fingerprint density at radius 3 is 3.13 bits per heavy atom. The molecule has 0 amide bonds. The average molecular weight is 205 g/mol. The minimum absolute atomic E-state index is 0.161. The lowest BCUT2D eigenvalue weighted by Crippen LogP contribution is -2.23. The van der Waals surface area contributed by atoms with Crippen LogP contribution in [0.5, 0.6) is 0 Å². The van der Waals surface area contributed by atoms with Gasteiger partial charge in [-0.15, -0.1) is 0 Å². The van der Waals surface area contributed by atoms with Crippen molar-refractivity contribution in [3.8, 4) is 6.07 Å². The van der Waals surface area contributed by atoms with Crippen LogP contribution in [0.15, 0.2) is 18.3 Å². The number of nitrogens with one attached hydrogen (secondary N) is 1. The number of nitriles is 1. The zero-order chi connectivity index (χ0) is 11.1. The Labute approximate surface area is 89.9 Å². The van der Waals surface area contributed by atoms with Crippen LogP contribution in [0.25, 0.3) is 0 Å². The van der Waals surface area contributed by atoms with E-state index in [1.54, 1.807) is 12.3 Å². The normalized spacial score (nSPS) is 12.1. The smallest absolute Gasteiger partial charge is 0.140 e. The van der Waals surface area contributed by atoms with Crippen LogP contribution in [0.2, 0.25) is 0 Å². The van der Waals surface area contributed by atoms with Gasteiger partial charge in [-0.2, -0.15) is 5.26 Å². The Bertz CT molecular complexity index is 346. The summed E-state index contributed by atoms with van der Waals surface area (Å²) in [5, 5.41) is 11.7. The predicted octanol–water partition coefficient (Wildman–Crippen LogP) is 1.08. The zero-order valence-electron chi connectivity index (χ0n) is 9.03. The Morgan fingerprint density at radius 1 is 1.67 bits per heavy atom. The lowest BCUT2D eigenvalue weighted by atomic mass is 10.2. The quantitative estimate of drug-likeness (QED) is 0.781. The lowest BCUT2D eigenvalue weighted by Gasteiger charge is -2.12. The number of likely N-dealkylation sites (N-methyl/N-ethyl adjacent to an activating group) is 1. The highest BCUT2D eigenvalue weighted by atomic mass is 16.5. The zero-order valence-corrected chi connectivity index (χ0v) is 9.03. The summed E-state index contributed by atoms with van der Waals surface area (Å²) in [6.07, 6.45) is 1.79. The standard InChI is InChI=1S/C11H15N3O/c1-9(7-13-2)15-8-10-3-4-14-11(5-10)6-12/h3-5,9,13H,7-8H2,1-2H3. The van der Waals surface area contributed by atoms with Crippen molar-refractivity contribution in [2.24, 2.45) is 0 Å². The van der Waals surface area contributed by atoms with E-state index in [2.05, 4.69) is 10.3 Å². The van der Waals surface area contributed by atoms with Crippen molar-refractivity contribution < 1.29 is 4.74 Å². The van der Waals surface area contributed by atoms with Crippen LogP contribution in [0.4, 0.5) is 0 Å². The molecule has 1 atom stereocenters. The van der Waals surface area contributed by atoms with E-state index in [1.807, 2.05) is 26.1 Å². The summed E-state index contributed by atoms with van der Waals surface area (Å²) in [5.41, 5.74) is 1.40. The molecule has 0 radical (unpaired) electrons. The first-order valence-electron chi connectivity index (χ1n) is 4.87. The summed E-state index contributed by atoms with van der Waals surface area (Å²) in [5.74, 6) is 0. The fourth-order valence-electron chi connectivity index (χ4n) is 1.21. The third-order valence-electron chi connectivity index (χ3n) is 1.96. The van der Waals surface area contributed by atoms with E-state index in [-0.39, 0.29) is 6.10 Å². The van der Waals surface area contributed by atoms with Gasteiger partial charge in [0.05, 0.1) is 12.7 Å². The highest BCUT2D eigenvalue weighted by Crippen LogP contribution is 2.04. The van der Waals surface area contributed by atoms with E-state index in [9.17, 15) is 0 Å². The van der Waals surface area contributed by atoms with Crippen molar-refractivity contribution in [3.05, 3.63) is 29.6 Å². The van der Waals surface area contributed by atoms with Crippen LogP contribution in [0.1, 0.15) is 18.2 Å². The number of nitrogens with zero attached hydrogens (tertiary/aromatic N) is 2. The molecule has 0 spiro atoms. The van der Waals surface area contributed by atoms with Crippen molar-refractivity contribution in [2.45, 2.75) is 19.6 Å². The van der Waals surface area contributed by atoms with Crippen molar-refractivity contribution in [3.63, 3.8) is 0 Å². The van der Waals surface area contributed by atoms with Gasteiger partial charge in [0, 0.05) is 12.7 Å². The van der Waals surface area contributed by atoms with E-state index in [0.717, 1.165) is 12.1 Å². The molecule has 0 saturated heterocycles. The highest BCUT2D eigenvalue weighted by molar-refractivity contribution is 5.24. The molecule has 80 valence electrons. The van der Waals surface area contributed by atoms with Gasteiger partial charge in [-0.25, -0.2) is 4.98 Å². The summed E-state index contributed by atoms with van der Waals surface area (Å²) >= 11 is 0. The third kappa shape index (κ3) is 4.07. The van der Waals surface area contributed by atoms with E-state index >= 15 is 0 Å². The molecule has 15 heavy (non-hydrogen) atoms. The summed E-state index contributed by atoms with van der Waals surface area (Å²) in [6.45, 7) is 3.33. The highest BCUT2D eigenvalue weighted by Gasteiger charge is 2.01. The monoisotopic (exact) mass is 205 g/mol. The van der Waals surface area contributed by atoms with Crippen LogP contribution in [-0.4, -0.2) is 24.7 Å². The fraction of sp³-hybridized carbons (Fsp3) is 0.455. The molecule has 1 N–H and O–H groups in total. The van der Waals surface area contributed by atoms with Gasteiger partial charge >= 0.3 is 0 Å². The maximum Gasteiger partial charge on any atom is 0.140 e. The molecule has 1 heterocycles. The molecule has 0 bridgehead atoms. The molecule has 0 saturated carbocycles. The van der Waals surface area contributed by atoms with Gasteiger partial charge in [-0.1, -0.05) is 0 Å². The van der Waals surface area contributed by atoms with E-state index in [1.165, 1.54) is 0 Å². The van der Waals surface area contributed by atoms with Crippen molar-refractivity contribution in [1.82, 2.24) is 10.3 Å². The second kappa shape index (κ2) is 6.12. The first-order chi connectivity index (χ1) is 7.26. The second-order valence-electron chi connectivity index (χ2n) is 3.34. The SMILES string of the molecule is CNCC(C)OCc1ccnc(C#N)c1. The molecule has 0 aliphatic heterocycles.